The minimum Gasteiger partial charge on any atom is -0.354 e. The lowest BCUT2D eigenvalue weighted by atomic mass is 10.1. The number of rotatable bonds is 3. The molecular weight excluding hydrogens is 388 g/mol. The van der Waals surface area contributed by atoms with Crippen LogP contribution in [0, 0.1) is 0 Å². The summed E-state index contributed by atoms with van der Waals surface area (Å²) in [5.74, 6) is -0.153. The number of pyridine rings is 1. The molecule has 10 heteroatoms. The molecule has 3 rings (SSSR count). The van der Waals surface area contributed by atoms with Crippen molar-refractivity contribution >= 4 is 11.7 Å². The fourth-order valence-electron chi connectivity index (χ4n) is 2.91. The Morgan fingerprint density at radius 1 is 0.964 bits per heavy atom. The van der Waals surface area contributed by atoms with Crippen LogP contribution in [0.3, 0.4) is 0 Å². The topological polar surface area (TPSA) is 45.2 Å². The van der Waals surface area contributed by atoms with Gasteiger partial charge in [-0.25, -0.2) is 4.98 Å². The zero-order valence-corrected chi connectivity index (χ0v) is 14.3. The number of nitrogens with one attached hydrogen (secondary N) is 1. The molecule has 4 nitrogen and oxygen atoms in total. The number of amides is 1. The van der Waals surface area contributed by atoms with E-state index in [0.29, 0.717) is 25.3 Å². The molecule has 0 saturated carbocycles. The summed E-state index contributed by atoms with van der Waals surface area (Å²) in [7, 11) is 0. The zero-order valence-electron chi connectivity index (χ0n) is 14.3. The molecule has 1 aliphatic rings. The fourth-order valence-corrected chi connectivity index (χ4v) is 2.91. The molecular formula is C18H15F6N3O. The fraction of sp³-hybridized carbons (Fsp3) is 0.333. The molecule has 1 aromatic heterocycles. The molecule has 1 atom stereocenters. The molecule has 1 aliphatic heterocycles. The van der Waals surface area contributed by atoms with Gasteiger partial charge in [0.1, 0.15) is 5.82 Å². The molecule has 150 valence electrons. The summed E-state index contributed by atoms with van der Waals surface area (Å²) in [6.07, 6.45) is -7.65. The molecule has 1 N–H and O–H groups in total. The average Bonchev–Trinajstić information content (AvgIpc) is 3.09. The van der Waals surface area contributed by atoms with Gasteiger partial charge in [0, 0.05) is 30.9 Å². The van der Waals surface area contributed by atoms with Gasteiger partial charge in [-0.05, 0) is 42.8 Å². The molecule has 2 aromatic rings. The average molecular weight is 403 g/mol. The van der Waals surface area contributed by atoms with Crippen LogP contribution >= 0.6 is 0 Å². The lowest BCUT2D eigenvalue weighted by molar-refractivity contribution is -0.138. The minimum atomic E-state index is -4.48. The first-order chi connectivity index (χ1) is 13.0. The highest BCUT2D eigenvalue weighted by Gasteiger charge is 2.32. The highest BCUT2D eigenvalue weighted by atomic mass is 19.4. The van der Waals surface area contributed by atoms with Crippen molar-refractivity contribution in [3.05, 3.63) is 59.3 Å². The number of hydrogen-bond acceptors (Lipinski definition) is 3. The van der Waals surface area contributed by atoms with E-state index >= 15 is 0 Å². The van der Waals surface area contributed by atoms with Gasteiger partial charge in [-0.1, -0.05) is 0 Å². The van der Waals surface area contributed by atoms with E-state index in [1.807, 2.05) is 0 Å². The quantitative estimate of drug-likeness (QED) is 0.784. The highest BCUT2D eigenvalue weighted by molar-refractivity contribution is 5.94. The molecule has 1 amide bonds. The molecule has 1 aromatic carbocycles. The predicted molar refractivity (Wildman–Crippen MR) is 88.8 cm³/mol. The van der Waals surface area contributed by atoms with Crippen LogP contribution in [0.25, 0.3) is 0 Å². The van der Waals surface area contributed by atoms with E-state index in [1.54, 1.807) is 4.90 Å². The van der Waals surface area contributed by atoms with Crippen LogP contribution in [0.1, 0.15) is 27.9 Å². The number of aromatic nitrogens is 1. The van der Waals surface area contributed by atoms with Crippen LogP contribution in [-0.4, -0.2) is 30.0 Å². The van der Waals surface area contributed by atoms with Crippen molar-refractivity contribution in [2.45, 2.75) is 24.8 Å². The second-order valence-electron chi connectivity index (χ2n) is 6.38. The van der Waals surface area contributed by atoms with Gasteiger partial charge in [-0.2, -0.15) is 26.3 Å². The van der Waals surface area contributed by atoms with Crippen molar-refractivity contribution in [1.82, 2.24) is 10.3 Å². The number of alkyl halides is 6. The van der Waals surface area contributed by atoms with Gasteiger partial charge in [0.2, 0.25) is 0 Å². The van der Waals surface area contributed by atoms with Crippen LogP contribution in [0.5, 0.6) is 0 Å². The van der Waals surface area contributed by atoms with E-state index in [1.165, 1.54) is 6.07 Å². The maximum absolute atomic E-state index is 12.6. The molecule has 0 spiro atoms. The number of nitrogens with zero attached hydrogens (tertiary/aromatic N) is 2. The van der Waals surface area contributed by atoms with Crippen molar-refractivity contribution in [1.29, 1.82) is 0 Å². The predicted octanol–water partition coefficient (Wildman–Crippen LogP) is 4.13. The van der Waals surface area contributed by atoms with Gasteiger partial charge in [0.25, 0.3) is 5.91 Å². The summed E-state index contributed by atoms with van der Waals surface area (Å²) in [5, 5.41) is 2.72. The molecule has 1 unspecified atom stereocenters. The van der Waals surface area contributed by atoms with E-state index in [-0.39, 0.29) is 11.6 Å². The van der Waals surface area contributed by atoms with Gasteiger partial charge in [0.15, 0.2) is 0 Å². The standard InChI is InChI=1S/C18H15F6N3O/c19-17(20,21)12-3-1-11(2-4-12)16(28)26-14-7-8-27(10-14)15-6-5-13(9-25-15)18(22,23)24/h1-6,9,14H,7-8,10H2,(H,26,28). The van der Waals surface area contributed by atoms with Crippen molar-refractivity contribution in [3.63, 3.8) is 0 Å². The van der Waals surface area contributed by atoms with Crippen LogP contribution in [-0.2, 0) is 12.4 Å². The molecule has 1 saturated heterocycles. The molecule has 1 fully saturated rings. The van der Waals surface area contributed by atoms with E-state index < -0.39 is 29.4 Å². The van der Waals surface area contributed by atoms with E-state index in [9.17, 15) is 31.1 Å². The number of carbonyl (C=O) groups is 1. The second kappa shape index (κ2) is 7.33. The molecule has 0 radical (unpaired) electrons. The highest BCUT2D eigenvalue weighted by Crippen LogP contribution is 2.30. The van der Waals surface area contributed by atoms with E-state index in [4.69, 9.17) is 0 Å². The SMILES string of the molecule is O=C(NC1CCN(c2ccc(C(F)(F)F)cn2)C1)c1ccc(C(F)(F)F)cc1. The molecule has 28 heavy (non-hydrogen) atoms. The maximum Gasteiger partial charge on any atom is 0.417 e. The van der Waals surface area contributed by atoms with E-state index in [2.05, 4.69) is 10.3 Å². The Balaban J connectivity index is 1.59. The molecule has 2 heterocycles. The number of hydrogen-bond donors (Lipinski definition) is 1. The Bertz CT molecular complexity index is 830. The zero-order chi connectivity index (χ0) is 20.5. The third kappa shape index (κ3) is 4.55. The van der Waals surface area contributed by atoms with Crippen molar-refractivity contribution in [2.24, 2.45) is 0 Å². The summed E-state index contributed by atoms with van der Waals surface area (Å²) in [4.78, 5) is 17.8. The molecule has 0 bridgehead atoms. The minimum absolute atomic E-state index is 0.0964. The Kier molecular flexibility index (Phi) is 5.22. The Morgan fingerprint density at radius 2 is 1.57 bits per heavy atom. The Hall–Kier alpha value is -2.78. The lowest BCUT2D eigenvalue weighted by Gasteiger charge is -2.18. The van der Waals surface area contributed by atoms with Crippen LogP contribution in [0.15, 0.2) is 42.6 Å². The van der Waals surface area contributed by atoms with Crippen LogP contribution in [0.4, 0.5) is 32.2 Å². The third-order valence-electron chi connectivity index (χ3n) is 4.40. The monoisotopic (exact) mass is 403 g/mol. The van der Waals surface area contributed by atoms with Crippen molar-refractivity contribution in [3.8, 4) is 0 Å². The number of carbonyl (C=O) groups excluding carboxylic acids is 1. The number of anilines is 1. The summed E-state index contributed by atoms with van der Waals surface area (Å²) in [6.45, 7) is 0.820. The maximum atomic E-state index is 12.6. The van der Waals surface area contributed by atoms with Crippen LogP contribution < -0.4 is 10.2 Å². The first kappa shape index (κ1) is 20.0. The van der Waals surface area contributed by atoms with Gasteiger partial charge < -0.3 is 10.2 Å². The first-order valence-electron chi connectivity index (χ1n) is 8.30. The summed E-state index contributed by atoms with van der Waals surface area (Å²) in [6, 6.07) is 5.78. The van der Waals surface area contributed by atoms with Gasteiger partial charge in [0.05, 0.1) is 11.1 Å². The smallest absolute Gasteiger partial charge is 0.354 e. The normalized spacial score (nSPS) is 17.6. The Morgan fingerprint density at radius 3 is 2.11 bits per heavy atom. The van der Waals surface area contributed by atoms with E-state index in [0.717, 1.165) is 36.5 Å². The van der Waals surface area contributed by atoms with Crippen molar-refractivity contribution < 1.29 is 31.1 Å². The van der Waals surface area contributed by atoms with Gasteiger partial charge in [-0.15, -0.1) is 0 Å². The summed E-state index contributed by atoms with van der Waals surface area (Å²) < 4.78 is 75.5. The number of halogens is 6. The molecule has 0 aliphatic carbocycles. The first-order valence-corrected chi connectivity index (χ1v) is 8.30. The van der Waals surface area contributed by atoms with Gasteiger partial charge >= 0.3 is 12.4 Å². The second-order valence-corrected chi connectivity index (χ2v) is 6.38. The lowest BCUT2D eigenvalue weighted by Crippen LogP contribution is -2.37. The summed E-state index contributed by atoms with van der Waals surface area (Å²) >= 11 is 0. The largest absolute Gasteiger partial charge is 0.417 e. The third-order valence-corrected chi connectivity index (χ3v) is 4.40. The van der Waals surface area contributed by atoms with Gasteiger partial charge in [-0.3, -0.25) is 4.79 Å². The Labute approximate surface area is 156 Å². The van der Waals surface area contributed by atoms with Crippen LogP contribution in [0.2, 0.25) is 0 Å². The summed E-state index contributed by atoms with van der Waals surface area (Å²) in [5.41, 5.74) is -1.59. The van der Waals surface area contributed by atoms with Crippen molar-refractivity contribution in [2.75, 3.05) is 18.0 Å². The number of benzene rings is 1.